The zero-order valence-electron chi connectivity index (χ0n) is 32.5. The van der Waals surface area contributed by atoms with Crippen LogP contribution in [0.3, 0.4) is 0 Å². The Labute approximate surface area is 338 Å². The molecular weight excluding hydrogens is 729 g/mol. The number of anilines is 8. The molecule has 10 heteroatoms. The molecule has 10 nitrogen and oxygen atoms in total. The van der Waals surface area contributed by atoms with Crippen LogP contribution >= 0.6 is 0 Å². The molecule has 4 unspecified atom stereocenters. The second kappa shape index (κ2) is 15.6. The van der Waals surface area contributed by atoms with Gasteiger partial charge >= 0.3 is 0 Å². The van der Waals surface area contributed by atoms with E-state index >= 15 is 0 Å². The van der Waals surface area contributed by atoms with Crippen molar-refractivity contribution in [3.8, 4) is 5.75 Å². The first-order valence-corrected chi connectivity index (χ1v) is 20.3. The lowest BCUT2D eigenvalue weighted by molar-refractivity contribution is -0.124. The monoisotopic (exact) mass is 774 g/mol. The normalized spacial score (nSPS) is 21.6. The fraction of sp³-hybridized carbons (Fsp3) is 0.292. The molecule has 4 aliphatic rings. The molecule has 1 N–H and O–H groups in total. The van der Waals surface area contributed by atoms with Crippen LogP contribution in [0.2, 0.25) is 0 Å². The number of nitrogens with zero attached hydrogens (tertiary/aromatic N) is 4. The summed E-state index contributed by atoms with van der Waals surface area (Å²) in [5, 5.41) is 9.78. The van der Waals surface area contributed by atoms with Crippen LogP contribution in [0.25, 0.3) is 0 Å². The van der Waals surface area contributed by atoms with E-state index in [0.29, 0.717) is 11.4 Å². The number of aliphatic hydroxyl groups is 1. The molecule has 0 aromatic heterocycles. The van der Waals surface area contributed by atoms with E-state index in [1.807, 2.05) is 121 Å². The maximum Gasteiger partial charge on any atom is 0.237 e. The van der Waals surface area contributed by atoms with E-state index in [2.05, 4.69) is 9.80 Å². The summed E-state index contributed by atoms with van der Waals surface area (Å²) in [7, 11) is 1.63. The van der Waals surface area contributed by atoms with Gasteiger partial charge in [0.2, 0.25) is 23.6 Å². The third-order valence-corrected chi connectivity index (χ3v) is 12.5. The van der Waals surface area contributed by atoms with Gasteiger partial charge in [-0.05, 0) is 140 Å². The summed E-state index contributed by atoms with van der Waals surface area (Å²) in [6.45, 7) is -0.0720. The zero-order valence-corrected chi connectivity index (χ0v) is 32.5. The zero-order chi connectivity index (χ0) is 39.9. The highest BCUT2D eigenvalue weighted by atomic mass is 16.5. The van der Waals surface area contributed by atoms with E-state index in [1.54, 1.807) is 7.11 Å². The Kier molecular flexibility index (Phi) is 10.0. The number of benzene rings is 5. The molecule has 0 radical (unpaired) electrons. The number of imide groups is 2. The minimum absolute atomic E-state index is 0.0720. The Morgan fingerprint density at radius 3 is 1.03 bits per heavy atom. The highest BCUT2D eigenvalue weighted by Gasteiger charge is 2.49. The van der Waals surface area contributed by atoms with Crippen LogP contribution in [-0.2, 0) is 25.8 Å². The molecule has 9 rings (SSSR count). The minimum atomic E-state index is -0.223. The van der Waals surface area contributed by atoms with Crippen molar-refractivity contribution in [2.24, 2.45) is 23.7 Å². The molecule has 4 fully saturated rings. The maximum absolute atomic E-state index is 13.4. The predicted octanol–water partition coefficient (Wildman–Crippen LogP) is 9.49. The molecule has 4 atom stereocenters. The number of fused-ring (bicyclic) bond motifs is 2. The average molecular weight is 775 g/mol. The molecule has 294 valence electrons. The van der Waals surface area contributed by atoms with E-state index in [4.69, 9.17) is 4.74 Å². The number of ether oxygens (including phenoxy) is 1. The van der Waals surface area contributed by atoms with Crippen LogP contribution in [0, 0.1) is 23.7 Å². The van der Waals surface area contributed by atoms with Crippen LogP contribution in [0.5, 0.6) is 5.75 Å². The summed E-state index contributed by atoms with van der Waals surface area (Å²) in [4.78, 5) is 60.5. The van der Waals surface area contributed by atoms with Crippen molar-refractivity contribution in [3.05, 3.63) is 127 Å². The first kappa shape index (κ1) is 37.3. The smallest absolute Gasteiger partial charge is 0.237 e. The molecule has 2 saturated heterocycles. The second-order valence-electron chi connectivity index (χ2n) is 15.8. The molecule has 2 heterocycles. The highest BCUT2D eigenvalue weighted by Crippen LogP contribution is 2.44. The summed E-state index contributed by atoms with van der Waals surface area (Å²) in [5.74, 6) is -0.531. The van der Waals surface area contributed by atoms with Gasteiger partial charge in [0, 0.05) is 34.1 Å². The first-order valence-electron chi connectivity index (χ1n) is 20.3. The average Bonchev–Trinajstić information content (AvgIpc) is 3.69. The lowest BCUT2D eigenvalue weighted by Crippen LogP contribution is -2.30. The maximum atomic E-state index is 13.4. The van der Waals surface area contributed by atoms with Gasteiger partial charge in [-0.25, -0.2) is 0 Å². The van der Waals surface area contributed by atoms with E-state index in [9.17, 15) is 24.3 Å². The Bertz CT molecular complexity index is 2110. The fourth-order valence-corrected chi connectivity index (χ4v) is 9.46. The van der Waals surface area contributed by atoms with Crippen LogP contribution < -0.4 is 24.3 Å². The van der Waals surface area contributed by atoms with Gasteiger partial charge in [-0.3, -0.25) is 29.0 Å². The molecule has 4 amide bonds. The number of hydrogen-bond donors (Lipinski definition) is 1. The van der Waals surface area contributed by atoms with E-state index < -0.39 is 0 Å². The molecule has 5 aromatic carbocycles. The number of aliphatic hydroxyl groups excluding tert-OH is 1. The highest BCUT2D eigenvalue weighted by molar-refractivity contribution is 6.23. The molecule has 0 bridgehead atoms. The van der Waals surface area contributed by atoms with Crippen LogP contribution in [0.4, 0.5) is 45.5 Å². The number of carbonyl (C=O) groups excluding carboxylic acids is 4. The van der Waals surface area contributed by atoms with Crippen molar-refractivity contribution in [2.45, 2.75) is 58.0 Å². The lowest BCUT2D eigenvalue weighted by Gasteiger charge is -2.29. The number of rotatable bonds is 10. The van der Waals surface area contributed by atoms with Gasteiger partial charge in [0.1, 0.15) is 5.75 Å². The molecule has 2 saturated carbocycles. The van der Waals surface area contributed by atoms with Gasteiger partial charge in [-0.2, -0.15) is 0 Å². The Balaban J connectivity index is 1.05. The Morgan fingerprint density at radius 1 is 0.466 bits per heavy atom. The van der Waals surface area contributed by atoms with E-state index in [1.165, 1.54) is 9.80 Å². The third-order valence-electron chi connectivity index (χ3n) is 12.5. The summed E-state index contributed by atoms with van der Waals surface area (Å²) in [5.41, 5.74) is 7.13. The number of amides is 4. The largest absolute Gasteiger partial charge is 0.497 e. The minimum Gasteiger partial charge on any atom is -0.497 e. The van der Waals surface area contributed by atoms with Crippen LogP contribution in [-0.4, -0.2) is 35.8 Å². The molecule has 2 aliphatic heterocycles. The van der Waals surface area contributed by atoms with Crippen molar-refractivity contribution in [1.29, 1.82) is 0 Å². The van der Waals surface area contributed by atoms with Crippen molar-refractivity contribution in [2.75, 3.05) is 26.7 Å². The van der Waals surface area contributed by atoms with Crippen LogP contribution in [0.1, 0.15) is 56.9 Å². The van der Waals surface area contributed by atoms with Crippen molar-refractivity contribution in [1.82, 2.24) is 0 Å². The number of hydrogen-bond acceptors (Lipinski definition) is 8. The molecule has 2 aliphatic carbocycles. The van der Waals surface area contributed by atoms with Crippen molar-refractivity contribution >= 4 is 69.1 Å². The van der Waals surface area contributed by atoms with Crippen molar-refractivity contribution < 1.29 is 29.0 Å². The summed E-state index contributed by atoms with van der Waals surface area (Å²) in [6, 6.07) is 38.8. The van der Waals surface area contributed by atoms with Gasteiger partial charge in [-0.1, -0.05) is 37.8 Å². The Morgan fingerprint density at radius 2 is 0.741 bits per heavy atom. The summed E-state index contributed by atoms with van der Waals surface area (Å²) in [6.07, 6.45) is 6.97. The standard InChI is InChI=1S/C48H46N4O6/c1-58-40-28-26-37(27-29-40)50(36-20-24-39(25-21-36)52-47(56)43-8-4-5-9-44(43)48(52)57)34-16-14-33(15-17-34)49(32-12-10-31(30-53)11-13-32)35-18-22-38(23-19-35)51-45(54)41-6-2-3-7-42(41)46(51)55/h10-29,41-44,53H,2-9,30H2,1H3. The first-order chi connectivity index (χ1) is 28.3. The van der Waals surface area contributed by atoms with Gasteiger partial charge in [0.25, 0.3) is 0 Å². The fourth-order valence-electron chi connectivity index (χ4n) is 9.46. The summed E-state index contributed by atoms with van der Waals surface area (Å²) >= 11 is 0. The van der Waals surface area contributed by atoms with Gasteiger partial charge in [0.05, 0.1) is 48.8 Å². The van der Waals surface area contributed by atoms with Gasteiger partial charge in [0.15, 0.2) is 0 Å². The predicted molar refractivity (Wildman–Crippen MR) is 224 cm³/mol. The lowest BCUT2D eigenvalue weighted by atomic mass is 9.81. The van der Waals surface area contributed by atoms with E-state index in [-0.39, 0.29) is 53.9 Å². The van der Waals surface area contributed by atoms with Gasteiger partial charge < -0.3 is 19.6 Å². The number of carbonyl (C=O) groups is 4. The molecule has 58 heavy (non-hydrogen) atoms. The molecule has 0 spiro atoms. The van der Waals surface area contributed by atoms with Gasteiger partial charge in [-0.15, -0.1) is 0 Å². The Hall–Kier alpha value is -6.26. The topological polar surface area (TPSA) is 111 Å². The van der Waals surface area contributed by atoms with Crippen LogP contribution in [0.15, 0.2) is 121 Å². The molecular formula is C48H46N4O6. The summed E-state index contributed by atoms with van der Waals surface area (Å²) < 4.78 is 5.46. The quantitative estimate of drug-likeness (QED) is 0.140. The number of methoxy groups -OCH3 is 1. The second-order valence-corrected chi connectivity index (χ2v) is 15.8. The third kappa shape index (κ3) is 6.61. The van der Waals surface area contributed by atoms with Crippen molar-refractivity contribution in [3.63, 3.8) is 0 Å². The van der Waals surface area contributed by atoms with E-state index in [0.717, 1.165) is 96.8 Å². The molecule has 5 aromatic rings. The SMILES string of the molecule is COc1ccc(N(c2ccc(N3C(=O)C4CCCCC4C3=O)cc2)c2ccc(N(c3ccc(CO)cc3)c3ccc(N4C(=O)C5CCCCC5C4=O)cc3)cc2)cc1.